The molecule has 14 heavy (non-hydrogen) atoms. The van der Waals surface area contributed by atoms with Gasteiger partial charge in [0.05, 0.1) is 6.61 Å². The van der Waals surface area contributed by atoms with Gasteiger partial charge in [-0.2, -0.15) is 0 Å². The third kappa shape index (κ3) is 4.66. The fraction of sp³-hybridized carbons (Fsp3) is 0.750. The number of aliphatic hydroxyl groups is 1. The maximum atomic E-state index is 11.3. The van der Waals surface area contributed by atoms with Gasteiger partial charge in [0.1, 0.15) is 12.6 Å². The second-order valence-corrected chi connectivity index (χ2v) is 2.96. The SMILES string of the molecule is CC(NC(=O)OCCO)C(=O)N(C)C. The van der Waals surface area contributed by atoms with Gasteiger partial charge in [0.15, 0.2) is 0 Å². The first kappa shape index (κ1) is 12.7. The average Bonchev–Trinajstić information content (AvgIpc) is 2.13. The third-order valence-electron chi connectivity index (χ3n) is 1.47. The van der Waals surface area contributed by atoms with E-state index in [2.05, 4.69) is 10.1 Å². The average molecular weight is 204 g/mol. The molecule has 0 saturated heterocycles. The molecule has 0 radical (unpaired) electrons. The molecule has 0 aromatic carbocycles. The van der Waals surface area contributed by atoms with Crippen LogP contribution in [-0.4, -0.2) is 55.4 Å². The van der Waals surface area contributed by atoms with Crippen molar-refractivity contribution in [2.24, 2.45) is 0 Å². The van der Waals surface area contributed by atoms with Crippen LogP contribution in [-0.2, 0) is 9.53 Å². The van der Waals surface area contributed by atoms with Crippen molar-refractivity contribution in [3.8, 4) is 0 Å². The van der Waals surface area contributed by atoms with Crippen molar-refractivity contribution in [1.29, 1.82) is 0 Å². The molecule has 6 heteroatoms. The third-order valence-corrected chi connectivity index (χ3v) is 1.47. The number of rotatable bonds is 4. The molecule has 0 saturated carbocycles. The Balaban J connectivity index is 3.87. The van der Waals surface area contributed by atoms with E-state index in [9.17, 15) is 9.59 Å². The summed E-state index contributed by atoms with van der Waals surface area (Å²) in [6, 6.07) is -0.629. The van der Waals surface area contributed by atoms with E-state index in [0.717, 1.165) is 0 Å². The van der Waals surface area contributed by atoms with Crippen molar-refractivity contribution in [2.45, 2.75) is 13.0 Å². The molecule has 0 aliphatic carbocycles. The Morgan fingerprint density at radius 3 is 2.50 bits per heavy atom. The normalized spacial score (nSPS) is 11.7. The molecule has 1 unspecified atom stereocenters. The lowest BCUT2D eigenvalue weighted by Crippen LogP contribution is -2.44. The lowest BCUT2D eigenvalue weighted by Gasteiger charge is -2.17. The van der Waals surface area contributed by atoms with Crippen LogP contribution in [0.25, 0.3) is 0 Å². The minimum Gasteiger partial charge on any atom is -0.447 e. The molecule has 6 nitrogen and oxygen atoms in total. The number of hydrogen-bond donors (Lipinski definition) is 2. The Kier molecular flexibility index (Phi) is 5.62. The molecular formula is C8H16N2O4. The van der Waals surface area contributed by atoms with Crippen molar-refractivity contribution < 1.29 is 19.4 Å². The molecule has 0 aliphatic heterocycles. The largest absolute Gasteiger partial charge is 0.447 e. The van der Waals surface area contributed by atoms with Crippen LogP contribution in [0.3, 0.4) is 0 Å². The number of carbonyl (C=O) groups is 2. The summed E-state index contributed by atoms with van der Waals surface area (Å²) < 4.78 is 4.52. The molecular weight excluding hydrogens is 188 g/mol. The highest BCUT2D eigenvalue weighted by atomic mass is 16.6. The number of likely N-dealkylation sites (N-methyl/N-ethyl adjacent to an activating group) is 1. The smallest absolute Gasteiger partial charge is 0.407 e. The van der Waals surface area contributed by atoms with Gasteiger partial charge in [0, 0.05) is 14.1 Å². The van der Waals surface area contributed by atoms with E-state index in [1.54, 1.807) is 21.0 Å². The fourth-order valence-electron chi connectivity index (χ4n) is 0.806. The van der Waals surface area contributed by atoms with Crippen LogP contribution in [0.2, 0.25) is 0 Å². The van der Waals surface area contributed by atoms with Gasteiger partial charge in [-0.3, -0.25) is 4.79 Å². The quantitative estimate of drug-likeness (QED) is 0.627. The maximum absolute atomic E-state index is 11.3. The molecule has 0 rings (SSSR count). The van der Waals surface area contributed by atoms with Gasteiger partial charge in [0.2, 0.25) is 5.91 Å². The van der Waals surface area contributed by atoms with Crippen molar-refractivity contribution in [1.82, 2.24) is 10.2 Å². The van der Waals surface area contributed by atoms with Crippen LogP contribution in [0, 0.1) is 0 Å². The number of carbonyl (C=O) groups excluding carboxylic acids is 2. The summed E-state index contributed by atoms with van der Waals surface area (Å²) in [5.41, 5.74) is 0. The van der Waals surface area contributed by atoms with Crippen LogP contribution in [0.15, 0.2) is 0 Å². The minimum absolute atomic E-state index is 0.0747. The lowest BCUT2D eigenvalue weighted by molar-refractivity contribution is -0.130. The van der Waals surface area contributed by atoms with Gasteiger partial charge in [-0.05, 0) is 6.92 Å². The predicted octanol–water partition coefficient (Wildman–Crippen LogP) is -0.818. The van der Waals surface area contributed by atoms with Gasteiger partial charge >= 0.3 is 6.09 Å². The Morgan fingerprint density at radius 1 is 1.50 bits per heavy atom. The van der Waals surface area contributed by atoms with E-state index in [0.29, 0.717) is 0 Å². The van der Waals surface area contributed by atoms with Crippen LogP contribution >= 0.6 is 0 Å². The summed E-state index contributed by atoms with van der Waals surface area (Å²) in [4.78, 5) is 23.6. The summed E-state index contributed by atoms with van der Waals surface area (Å²) >= 11 is 0. The zero-order valence-electron chi connectivity index (χ0n) is 8.61. The molecule has 0 spiro atoms. The van der Waals surface area contributed by atoms with Gasteiger partial charge in [0.25, 0.3) is 0 Å². The Labute approximate surface area is 82.8 Å². The second-order valence-electron chi connectivity index (χ2n) is 2.96. The van der Waals surface area contributed by atoms with Crippen molar-refractivity contribution in [3.63, 3.8) is 0 Å². The zero-order valence-corrected chi connectivity index (χ0v) is 8.61. The molecule has 2 N–H and O–H groups in total. The molecule has 0 aromatic heterocycles. The van der Waals surface area contributed by atoms with Gasteiger partial charge in [-0.1, -0.05) is 0 Å². The maximum Gasteiger partial charge on any atom is 0.407 e. The number of nitrogens with zero attached hydrogens (tertiary/aromatic N) is 1. The van der Waals surface area contributed by atoms with E-state index in [-0.39, 0.29) is 19.1 Å². The van der Waals surface area contributed by atoms with Gasteiger partial charge in [-0.25, -0.2) is 4.79 Å². The van der Waals surface area contributed by atoms with Gasteiger partial charge in [-0.15, -0.1) is 0 Å². The molecule has 0 aliphatic rings. The number of aliphatic hydroxyl groups excluding tert-OH is 1. The standard InChI is InChI=1S/C8H16N2O4/c1-6(7(12)10(2)3)9-8(13)14-5-4-11/h6,11H,4-5H2,1-3H3,(H,9,13). The Bertz CT molecular complexity index is 206. The second kappa shape index (κ2) is 6.20. The molecule has 2 amide bonds. The number of ether oxygens (including phenoxy) is 1. The first-order valence-electron chi connectivity index (χ1n) is 4.24. The highest BCUT2D eigenvalue weighted by Gasteiger charge is 2.17. The topological polar surface area (TPSA) is 78.9 Å². The number of alkyl carbamates (subject to hydrolysis) is 1. The molecule has 82 valence electrons. The number of hydrogen-bond acceptors (Lipinski definition) is 4. The molecule has 0 heterocycles. The van der Waals surface area contributed by atoms with E-state index in [1.807, 2.05) is 0 Å². The highest BCUT2D eigenvalue weighted by molar-refractivity contribution is 5.84. The first-order valence-corrected chi connectivity index (χ1v) is 4.24. The van der Waals surface area contributed by atoms with Gasteiger partial charge < -0.3 is 20.1 Å². The van der Waals surface area contributed by atoms with E-state index in [1.165, 1.54) is 4.90 Å². The fourth-order valence-corrected chi connectivity index (χ4v) is 0.806. The van der Waals surface area contributed by atoms with Crippen LogP contribution in [0.5, 0.6) is 0 Å². The summed E-state index contributed by atoms with van der Waals surface area (Å²) in [7, 11) is 3.19. The van der Waals surface area contributed by atoms with Crippen molar-refractivity contribution >= 4 is 12.0 Å². The highest BCUT2D eigenvalue weighted by Crippen LogP contribution is 1.89. The van der Waals surface area contributed by atoms with Crippen LogP contribution in [0.4, 0.5) is 4.79 Å². The number of nitrogens with one attached hydrogen (secondary N) is 1. The molecule has 1 atom stereocenters. The summed E-state index contributed by atoms with van der Waals surface area (Å²) in [5.74, 6) is -0.217. The van der Waals surface area contributed by atoms with Crippen molar-refractivity contribution in [2.75, 3.05) is 27.3 Å². The van der Waals surface area contributed by atoms with Crippen LogP contribution < -0.4 is 5.32 Å². The van der Waals surface area contributed by atoms with Crippen LogP contribution in [0.1, 0.15) is 6.92 Å². The van der Waals surface area contributed by atoms with E-state index in [4.69, 9.17) is 5.11 Å². The minimum atomic E-state index is -0.707. The molecule has 0 fully saturated rings. The lowest BCUT2D eigenvalue weighted by atomic mass is 10.3. The van der Waals surface area contributed by atoms with Crippen molar-refractivity contribution in [3.05, 3.63) is 0 Å². The van der Waals surface area contributed by atoms with E-state index >= 15 is 0 Å². The monoisotopic (exact) mass is 204 g/mol. The molecule has 0 bridgehead atoms. The summed E-state index contributed by atoms with van der Waals surface area (Å²) in [6.07, 6.45) is -0.707. The van der Waals surface area contributed by atoms with E-state index < -0.39 is 12.1 Å². The zero-order chi connectivity index (χ0) is 11.1. The molecule has 0 aromatic rings. The first-order chi connectivity index (χ1) is 6.49. The summed E-state index contributed by atoms with van der Waals surface area (Å²) in [6.45, 7) is 1.25. The predicted molar refractivity (Wildman–Crippen MR) is 49.7 cm³/mol. The Hall–Kier alpha value is -1.30. The summed E-state index contributed by atoms with van der Waals surface area (Å²) in [5, 5.41) is 10.7. The Morgan fingerprint density at radius 2 is 2.07 bits per heavy atom. The number of amides is 2.